The Bertz CT molecular complexity index is 179. The number of hydrogen-bond donors (Lipinski definition) is 3. The zero-order chi connectivity index (χ0) is 10.4. The van der Waals surface area contributed by atoms with Crippen LogP contribution in [0, 0.1) is 0 Å². The number of hydrogen-bond acceptors (Lipinski definition) is 4. The fourth-order valence-corrected chi connectivity index (χ4v) is 1.38. The van der Waals surface area contributed by atoms with Crippen LogP contribution in [0.3, 0.4) is 0 Å². The second-order valence-corrected chi connectivity index (χ2v) is 3.77. The van der Waals surface area contributed by atoms with Gasteiger partial charge in [0.25, 0.3) is 0 Å². The monoisotopic (exact) mass is 201 g/mol. The van der Waals surface area contributed by atoms with Crippen molar-refractivity contribution in [2.45, 2.75) is 38.8 Å². The Kier molecular flexibility index (Phi) is 4.69. The van der Waals surface area contributed by atoms with Gasteiger partial charge in [-0.25, -0.2) is 10.2 Å². The summed E-state index contributed by atoms with van der Waals surface area (Å²) >= 11 is 0. The fraction of sp³-hybridized carbons (Fsp3) is 0.889. The quantitative estimate of drug-likeness (QED) is 0.578. The van der Waals surface area contributed by atoms with Crippen LogP contribution in [0.1, 0.15) is 26.7 Å². The van der Waals surface area contributed by atoms with Crippen LogP contribution in [-0.4, -0.2) is 31.3 Å². The molecule has 0 aromatic rings. The van der Waals surface area contributed by atoms with E-state index in [2.05, 4.69) is 16.2 Å². The molecule has 5 nitrogen and oxygen atoms in total. The van der Waals surface area contributed by atoms with Gasteiger partial charge in [-0.2, -0.15) is 0 Å². The molecule has 0 spiro atoms. The van der Waals surface area contributed by atoms with E-state index >= 15 is 0 Å². The summed E-state index contributed by atoms with van der Waals surface area (Å²) in [5, 5.41) is 3.24. The van der Waals surface area contributed by atoms with Gasteiger partial charge in [-0.05, 0) is 33.2 Å². The van der Waals surface area contributed by atoms with Crippen LogP contribution in [0.4, 0.5) is 4.79 Å². The van der Waals surface area contributed by atoms with Crippen LogP contribution < -0.4 is 16.2 Å². The Morgan fingerprint density at radius 2 is 2.36 bits per heavy atom. The van der Waals surface area contributed by atoms with E-state index in [4.69, 9.17) is 4.74 Å². The number of nitrogens with one attached hydrogen (secondary N) is 3. The van der Waals surface area contributed by atoms with Crippen LogP contribution in [0.15, 0.2) is 0 Å². The lowest BCUT2D eigenvalue weighted by atomic mass is 10.1. The molecule has 0 saturated carbocycles. The maximum Gasteiger partial charge on any atom is 0.421 e. The first-order chi connectivity index (χ1) is 6.68. The smallest absolute Gasteiger partial charge is 0.421 e. The highest BCUT2D eigenvalue weighted by Gasteiger charge is 2.13. The van der Waals surface area contributed by atoms with E-state index in [1.165, 1.54) is 0 Å². The van der Waals surface area contributed by atoms with E-state index in [9.17, 15) is 4.79 Å². The van der Waals surface area contributed by atoms with E-state index in [1.807, 2.05) is 13.8 Å². The predicted molar refractivity (Wildman–Crippen MR) is 53.8 cm³/mol. The summed E-state index contributed by atoms with van der Waals surface area (Å²) in [4.78, 5) is 11.1. The molecule has 1 heterocycles. The van der Waals surface area contributed by atoms with Gasteiger partial charge >= 0.3 is 6.09 Å². The van der Waals surface area contributed by atoms with E-state index in [0.717, 1.165) is 25.9 Å². The topological polar surface area (TPSA) is 62.4 Å². The summed E-state index contributed by atoms with van der Waals surface area (Å²) in [5.74, 6) is 0. The number of carbonyl (C=O) groups is 1. The third kappa shape index (κ3) is 4.43. The summed E-state index contributed by atoms with van der Waals surface area (Å²) < 4.78 is 4.91. The second kappa shape index (κ2) is 5.82. The van der Waals surface area contributed by atoms with Crippen molar-refractivity contribution in [3.05, 3.63) is 0 Å². The lowest BCUT2D eigenvalue weighted by Crippen LogP contribution is -2.51. The van der Waals surface area contributed by atoms with E-state index < -0.39 is 6.09 Å². The lowest BCUT2D eigenvalue weighted by Gasteiger charge is -2.24. The molecule has 1 atom stereocenters. The Labute approximate surface area is 84.5 Å². The van der Waals surface area contributed by atoms with Crippen molar-refractivity contribution in [1.82, 2.24) is 16.2 Å². The van der Waals surface area contributed by atoms with Gasteiger partial charge in [-0.3, -0.25) is 5.43 Å². The fourth-order valence-electron chi connectivity index (χ4n) is 1.38. The SMILES string of the molecule is CC(C)OC(=O)NNC1CCCNC1. The summed E-state index contributed by atoms with van der Waals surface area (Å²) in [6.45, 7) is 5.60. The summed E-state index contributed by atoms with van der Waals surface area (Å²) in [5.41, 5.74) is 5.47. The lowest BCUT2D eigenvalue weighted by molar-refractivity contribution is 0.109. The molecule has 1 aliphatic heterocycles. The first-order valence-electron chi connectivity index (χ1n) is 5.11. The second-order valence-electron chi connectivity index (χ2n) is 3.77. The Morgan fingerprint density at radius 3 is 2.93 bits per heavy atom. The predicted octanol–water partition coefficient (Wildman–Crippen LogP) is 0.378. The average Bonchev–Trinajstić information content (AvgIpc) is 2.15. The van der Waals surface area contributed by atoms with Crippen molar-refractivity contribution in [3.63, 3.8) is 0 Å². The number of hydrazine groups is 1. The molecule has 1 amide bonds. The van der Waals surface area contributed by atoms with Crippen molar-refractivity contribution in [3.8, 4) is 0 Å². The van der Waals surface area contributed by atoms with Crippen molar-refractivity contribution >= 4 is 6.09 Å². The van der Waals surface area contributed by atoms with E-state index in [1.54, 1.807) is 0 Å². The van der Waals surface area contributed by atoms with Crippen molar-refractivity contribution in [2.75, 3.05) is 13.1 Å². The van der Waals surface area contributed by atoms with Gasteiger partial charge in [0.1, 0.15) is 0 Å². The molecule has 1 fully saturated rings. The summed E-state index contributed by atoms with van der Waals surface area (Å²) in [6.07, 6.45) is 1.72. The molecular weight excluding hydrogens is 182 g/mol. The number of piperidine rings is 1. The molecule has 3 N–H and O–H groups in total. The molecule has 0 aromatic carbocycles. The van der Waals surface area contributed by atoms with Gasteiger partial charge in [0, 0.05) is 12.6 Å². The number of amides is 1. The van der Waals surface area contributed by atoms with E-state index in [0.29, 0.717) is 6.04 Å². The van der Waals surface area contributed by atoms with Gasteiger partial charge in [0.15, 0.2) is 0 Å². The minimum absolute atomic E-state index is 0.0821. The van der Waals surface area contributed by atoms with Crippen molar-refractivity contribution < 1.29 is 9.53 Å². The molecule has 5 heteroatoms. The molecule has 0 radical (unpaired) electrons. The maximum absolute atomic E-state index is 11.1. The molecule has 1 saturated heterocycles. The third-order valence-electron chi connectivity index (χ3n) is 2.02. The van der Waals surface area contributed by atoms with Gasteiger partial charge in [-0.15, -0.1) is 0 Å². The number of ether oxygens (including phenoxy) is 1. The summed E-state index contributed by atoms with van der Waals surface area (Å²) in [7, 11) is 0. The first-order valence-corrected chi connectivity index (χ1v) is 5.11. The first kappa shape index (κ1) is 11.3. The Balaban J connectivity index is 2.09. The van der Waals surface area contributed by atoms with Gasteiger partial charge in [0.2, 0.25) is 0 Å². The minimum Gasteiger partial charge on any atom is -0.446 e. The molecular formula is C9H19N3O2. The highest BCUT2D eigenvalue weighted by atomic mass is 16.6. The normalized spacial score (nSPS) is 22.1. The zero-order valence-electron chi connectivity index (χ0n) is 8.80. The van der Waals surface area contributed by atoms with Crippen molar-refractivity contribution in [1.29, 1.82) is 0 Å². The van der Waals surface area contributed by atoms with Gasteiger partial charge in [-0.1, -0.05) is 0 Å². The Hall–Kier alpha value is -0.810. The molecule has 0 aliphatic carbocycles. The largest absolute Gasteiger partial charge is 0.446 e. The van der Waals surface area contributed by atoms with Gasteiger partial charge < -0.3 is 10.1 Å². The maximum atomic E-state index is 11.1. The van der Waals surface area contributed by atoms with Crippen LogP contribution >= 0.6 is 0 Å². The molecule has 82 valence electrons. The van der Waals surface area contributed by atoms with Crippen LogP contribution in [0.2, 0.25) is 0 Å². The molecule has 0 aromatic heterocycles. The highest BCUT2D eigenvalue weighted by Crippen LogP contribution is 1.99. The number of carbonyl (C=O) groups excluding carboxylic acids is 1. The van der Waals surface area contributed by atoms with Crippen molar-refractivity contribution in [2.24, 2.45) is 0 Å². The Morgan fingerprint density at radius 1 is 1.57 bits per heavy atom. The molecule has 1 aliphatic rings. The van der Waals surface area contributed by atoms with Crippen LogP contribution in [-0.2, 0) is 4.74 Å². The van der Waals surface area contributed by atoms with E-state index in [-0.39, 0.29) is 6.10 Å². The van der Waals surface area contributed by atoms with Crippen LogP contribution in [0.25, 0.3) is 0 Å². The average molecular weight is 201 g/mol. The molecule has 1 rings (SSSR count). The standard InChI is InChI=1S/C9H19N3O2/c1-7(2)14-9(13)12-11-8-4-3-5-10-6-8/h7-8,10-11H,3-6H2,1-2H3,(H,12,13). The molecule has 14 heavy (non-hydrogen) atoms. The van der Waals surface area contributed by atoms with Crippen LogP contribution in [0.5, 0.6) is 0 Å². The minimum atomic E-state index is -0.412. The van der Waals surface area contributed by atoms with Gasteiger partial charge in [0.05, 0.1) is 6.10 Å². The third-order valence-corrected chi connectivity index (χ3v) is 2.02. The zero-order valence-corrected chi connectivity index (χ0v) is 8.80. The summed E-state index contributed by atoms with van der Waals surface area (Å²) in [6, 6.07) is 0.309. The highest BCUT2D eigenvalue weighted by molar-refractivity contribution is 5.66. The number of rotatable bonds is 3. The molecule has 0 bridgehead atoms. The molecule has 1 unspecified atom stereocenters.